The van der Waals surface area contributed by atoms with Crippen LogP contribution in [0.3, 0.4) is 0 Å². The van der Waals surface area contributed by atoms with Crippen LogP contribution in [0.4, 0.5) is 10.1 Å². The summed E-state index contributed by atoms with van der Waals surface area (Å²) in [6, 6.07) is 19.2. The Kier molecular flexibility index (Phi) is 4.63. The van der Waals surface area contributed by atoms with Gasteiger partial charge >= 0.3 is 0 Å². The molecule has 0 aliphatic carbocycles. The first-order valence-corrected chi connectivity index (χ1v) is 10.2. The summed E-state index contributed by atoms with van der Waals surface area (Å²) < 4.78 is 14.9. The number of ketones is 1. The highest BCUT2D eigenvalue weighted by Crippen LogP contribution is 2.43. The lowest BCUT2D eigenvalue weighted by molar-refractivity contribution is -0.132. The average molecular weight is 426 g/mol. The van der Waals surface area contributed by atoms with Crippen molar-refractivity contribution in [1.29, 1.82) is 0 Å². The molecule has 1 saturated heterocycles. The second-order valence-corrected chi connectivity index (χ2v) is 7.78. The summed E-state index contributed by atoms with van der Waals surface area (Å²) in [5.41, 5.74) is 2.47. The van der Waals surface area contributed by atoms with Gasteiger partial charge in [-0.25, -0.2) is 4.39 Å². The highest BCUT2D eigenvalue weighted by atomic mass is 19.1. The highest BCUT2D eigenvalue weighted by molar-refractivity contribution is 6.51. The molecule has 5 nitrogen and oxygen atoms in total. The summed E-state index contributed by atoms with van der Waals surface area (Å²) >= 11 is 0. The van der Waals surface area contributed by atoms with Crippen molar-refractivity contribution in [2.45, 2.75) is 13.0 Å². The fraction of sp³-hybridized carbons (Fsp3) is 0.0769. The van der Waals surface area contributed by atoms with E-state index < -0.39 is 23.5 Å². The zero-order valence-electron chi connectivity index (χ0n) is 17.2. The minimum absolute atomic E-state index is 0.134. The third kappa shape index (κ3) is 3.00. The molecule has 4 aromatic rings. The molecule has 5 rings (SSSR count). The van der Waals surface area contributed by atoms with E-state index in [1.54, 1.807) is 36.5 Å². The van der Waals surface area contributed by atoms with Gasteiger partial charge in [-0.15, -0.1) is 0 Å². The topological polar surface area (TPSA) is 73.4 Å². The van der Waals surface area contributed by atoms with E-state index in [0.717, 1.165) is 11.1 Å². The molecule has 0 saturated carbocycles. The van der Waals surface area contributed by atoms with Crippen LogP contribution in [0.2, 0.25) is 0 Å². The minimum Gasteiger partial charge on any atom is -0.507 e. The number of hydrogen-bond acceptors (Lipinski definition) is 3. The van der Waals surface area contributed by atoms with Crippen LogP contribution in [0.15, 0.2) is 84.6 Å². The predicted octanol–water partition coefficient (Wildman–Crippen LogP) is 5.24. The van der Waals surface area contributed by atoms with E-state index in [9.17, 15) is 19.1 Å². The summed E-state index contributed by atoms with van der Waals surface area (Å²) in [5.74, 6) is -2.58. The van der Waals surface area contributed by atoms with Gasteiger partial charge in [-0.2, -0.15) is 0 Å². The maximum Gasteiger partial charge on any atom is 0.300 e. The maximum absolute atomic E-state index is 14.9. The molecule has 1 aliphatic rings. The van der Waals surface area contributed by atoms with Gasteiger partial charge in [0.15, 0.2) is 0 Å². The largest absolute Gasteiger partial charge is 0.507 e. The van der Waals surface area contributed by atoms with Crippen LogP contribution in [-0.2, 0) is 9.59 Å². The van der Waals surface area contributed by atoms with Crippen molar-refractivity contribution in [3.05, 3.63) is 107 Å². The quantitative estimate of drug-likeness (QED) is 0.267. The number of anilines is 1. The number of benzene rings is 3. The Morgan fingerprint density at radius 3 is 2.53 bits per heavy atom. The number of Topliss-reactive ketones (excluding diaryl/α,β-unsaturated/α-hetero) is 1. The number of aliphatic hydroxyl groups excluding tert-OH is 1. The number of aryl methyl sites for hydroxylation is 1. The highest BCUT2D eigenvalue weighted by Gasteiger charge is 2.48. The monoisotopic (exact) mass is 426 g/mol. The van der Waals surface area contributed by atoms with Crippen LogP contribution in [0, 0.1) is 12.7 Å². The second kappa shape index (κ2) is 7.50. The van der Waals surface area contributed by atoms with Crippen LogP contribution in [-0.4, -0.2) is 21.8 Å². The smallest absolute Gasteiger partial charge is 0.300 e. The summed E-state index contributed by atoms with van der Waals surface area (Å²) in [6.07, 6.45) is 1.58. The van der Waals surface area contributed by atoms with E-state index >= 15 is 0 Å². The number of amides is 1. The SMILES string of the molecule is Cc1cccc(N2C(=O)C(=O)/C(=C(/O)c3c[nH]c4ccccc34)C2c2ccccc2F)c1. The number of H-pyrrole nitrogens is 1. The number of nitrogens with zero attached hydrogens (tertiary/aromatic N) is 1. The Morgan fingerprint density at radius 1 is 1.00 bits per heavy atom. The van der Waals surface area contributed by atoms with Crippen LogP contribution in [0.1, 0.15) is 22.7 Å². The number of halogens is 1. The number of para-hydroxylation sites is 1. The Bertz CT molecular complexity index is 1420. The molecule has 1 aromatic heterocycles. The number of hydrogen-bond donors (Lipinski definition) is 2. The first kappa shape index (κ1) is 19.8. The summed E-state index contributed by atoms with van der Waals surface area (Å²) in [7, 11) is 0. The molecular formula is C26H19FN2O3. The molecule has 2 N–H and O–H groups in total. The van der Waals surface area contributed by atoms with Crippen molar-refractivity contribution in [3.8, 4) is 0 Å². The van der Waals surface area contributed by atoms with Crippen LogP contribution in [0.25, 0.3) is 16.7 Å². The van der Waals surface area contributed by atoms with Gasteiger partial charge in [0.05, 0.1) is 11.6 Å². The lowest BCUT2D eigenvalue weighted by Gasteiger charge is -2.26. The molecule has 0 bridgehead atoms. The Hall–Kier alpha value is -4.19. The Balaban J connectivity index is 1.79. The molecule has 2 heterocycles. The third-order valence-corrected chi connectivity index (χ3v) is 5.77. The molecule has 3 aromatic carbocycles. The van der Waals surface area contributed by atoms with Gasteiger partial charge < -0.3 is 10.1 Å². The molecule has 1 unspecified atom stereocenters. The van der Waals surface area contributed by atoms with Crippen LogP contribution in [0.5, 0.6) is 0 Å². The molecule has 1 amide bonds. The Morgan fingerprint density at radius 2 is 1.75 bits per heavy atom. The van der Waals surface area contributed by atoms with E-state index in [-0.39, 0.29) is 16.9 Å². The first-order valence-electron chi connectivity index (χ1n) is 10.2. The van der Waals surface area contributed by atoms with Crippen molar-refractivity contribution in [2.24, 2.45) is 0 Å². The number of aromatic amines is 1. The number of nitrogens with one attached hydrogen (secondary N) is 1. The third-order valence-electron chi connectivity index (χ3n) is 5.77. The van der Waals surface area contributed by atoms with Gasteiger partial charge in [-0.1, -0.05) is 48.5 Å². The molecule has 32 heavy (non-hydrogen) atoms. The van der Waals surface area contributed by atoms with Gasteiger partial charge in [0, 0.05) is 33.9 Å². The van der Waals surface area contributed by atoms with Gasteiger partial charge in [0.1, 0.15) is 11.6 Å². The average Bonchev–Trinajstić information content (AvgIpc) is 3.33. The first-order chi connectivity index (χ1) is 15.5. The second-order valence-electron chi connectivity index (χ2n) is 7.78. The number of rotatable bonds is 3. The summed E-state index contributed by atoms with van der Waals surface area (Å²) in [6.45, 7) is 1.87. The summed E-state index contributed by atoms with van der Waals surface area (Å²) in [5, 5.41) is 12.0. The van der Waals surface area contributed by atoms with E-state index in [1.807, 2.05) is 31.2 Å². The molecule has 6 heteroatoms. The lowest BCUT2D eigenvalue weighted by Crippen LogP contribution is -2.29. The van der Waals surface area contributed by atoms with Crippen LogP contribution < -0.4 is 4.90 Å². The number of fused-ring (bicyclic) bond motifs is 1. The fourth-order valence-electron chi connectivity index (χ4n) is 4.28. The number of aromatic nitrogens is 1. The van der Waals surface area contributed by atoms with Gasteiger partial charge in [-0.3, -0.25) is 14.5 Å². The van der Waals surface area contributed by atoms with Gasteiger partial charge in [0.25, 0.3) is 11.7 Å². The molecule has 1 fully saturated rings. The number of carbonyl (C=O) groups excluding carboxylic acids is 2. The van der Waals surface area contributed by atoms with Crippen LogP contribution >= 0.6 is 0 Å². The van der Waals surface area contributed by atoms with Crippen molar-refractivity contribution in [3.63, 3.8) is 0 Å². The molecule has 1 aliphatic heterocycles. The minimum atomic E-state index is -1.10. The van der Waals surface area contributed by atoms with E-state index in [1.165, 1.54) is 23.1 Å². The molecular weight excluding hydrogens is 407 g/mol. The normalized spacial score (nSPS) is 17.9. The van der Waals surface area contributed by atoms with Crippen molar-refractivity contribution in [1.82, 2.24) is 4.98 Å². The van der Waals surface area contributed by atoms with Crippen molar-refractivity contribution >= 4 is 34.0 Å². The van der Waals surface area contributed by atoms with E-state index in [2.05, 4.69) is 4.98 Å². The van der Waals surface area contributed by atoms with Crippen molar-refractivity contribution in [2.75, 3.05) is 4.90 Å². The number of carbonyl (C=O) groups is 2. The molecule has 1 atom stereocenters. The zero-order valence-corrected chi connectivity index (χ0v) is 17.2. The Labute approximate surface area is 183 Å². The van der Waals surface area contributed by atoms with Gasteiger partial charge in [0.2, 0.25) is 0 Å². The molecule has 158 valence electrons. The van der Waals surface area contributed by atoms with Gasteiger partial charge in [-0.05, 0) is 36.8 Å². The lowest BCUT2D eigenvalue weighted by atomic mass is 9.94. The standard InChI is InChI=1S/C26H19FN2O3/c1-15-7-6-8-16(13-15)29-23(18-10-2-4-11-20(18)27)22(25(31)26(29)32)24(30)19-14-28-21-12-5-3-9-17(19)21/h2-14,23,28,30H,1H3/b24-22+. The van der Waals surface area contributed by atoms with Crippen molar-refractivity contribution < 1.29 is 19.1 Å². The fourth-order valence-corrected chi connectivity index (χ4v) is 4.28. The predicted molar refractivity (Wildman–Crippen MR) is 121 cm³/mol. The summed E-state index contributed by atoms with van der Waals surface area (Å²) in [4.78, 5) is 30.7. The molecule has 0 radical (unpaired) electrons. The zero-order chi connectivity index (χ0) is 22.4. The number of aliphatic hydroxyl groups is 1. The molecule has 0 spiro atoms. The maximum atomic E-state index is 14.9. The van der Waals surface area contributed by atoms with E-state index in [0.29, 0.717) is 16.6 Å². The van der Waals surface area contributed by atoms with E-state index in [4.69, 9.17) is 0 Å².